The molecule has 0 radical (unpaired) electrons. The van der Waals surface area contributed by atoms with Crippen LogP contribution in [0.2, 0.25) is 5.02 Å². The van der Waals surface area contributed by atoms with Crippen LogP contribution in [-0.4, -0.2) is 37.7 Å². The van der Waals surface area contributed by atoms with Gasteiger partial charge in [-0.15, -0.1) is 11.6 Å². The maximum absolute atomic E-state index is 11.7. The lowest BCUT2D eigenvalue weighted by molar-refractivity contribution is -0.119. The van der Waals surface area contributed by atoms with Crippen molar-refractivity contribution in [2.24, 2.45) is 0 Å². The number of hydrogen-bond donors (Lipinski definition) is 1. The second-order valence-corrected chi connectivity index (χ2v) is 8.52. The van der Waals surface area contributed by atoms with Crippen molar-refractivity contribution >= 4 is 40.9 Å². The topological polar surface area (TPSA) is 47.6 Å². The highest BCUT2D eigenvalue weighted by Crippen LogP contribution is 2.38. The Kier molecular flexibility index (Phi) is 9.63. The Hall–Kier alpha value is -1.40. The third kappa shape index (κ3) is 7.10. The molecule has 0 spiro atoms. The fraction of sp³-hybridized carbons (Fsp3) is 0.409. The molecule has 7 heteroatoms. The Morgan fingerprint density at radius 2 is 1.79 bits per heavy atom. The Balaban J connectivity index is 2.07. The van der Waals surface area contributed by atoms with E-state index < -0.39 is 0 Å². The molecule has 0 atom stereocenters. The fourth-order valence-corrected chi connectivity index (χ4v) is 3.65. The number of halogens is 2. The van der Waals surface area contributed by atoms with E-state index >= 15 is 0 Å². The zero-order chi connectivity index (χ0) is 21.3. The number of carbonyl (C=O) groups excluding carboxylic acids is 1. The van der Waals surface area contributed by atoms with E-state index in [1.54, 1.807) is 6.07 Å². The second kappa shape index (κ2) is 11.7. The Labute approximate surface area is 187 Å². The molecule has 2 aromatic carbocycles. The highest BCUT2D eigenvalue weighted by Gasteiger charge is 2.26. The van der Waals surface area contributed by atoms with Crippen LogP contribution in [0.25, 0.3) is 0 Å². The highest BCUT2D eigenvalue weighted by atomic mass is 35.5. The molecule has 0 fully saturated rings. The van der Waals surface area contributed by atoms with E-state index in [1.807, 2.05) is 42.7 Å². The average molecular weight is 456 g/mol. The van der Waals surface area contributed by atoms with E-state index in [-0.39, 0.29) is 24.3 Å². The smallest absolute Gasteiger partial charge is 0.184 e. The van der Waals surface area contributed by atoms with Gasteiger partial charge in [-0.1, -0.05) is 55.6 Å². The van der Waals surface area contributed by atoms with Gasteiger partial charge in [0.05, 0.1) is 13.2 Å². The molecule has 0 aromatic heterocycles. The number of carbonyl (C=O) groups is 1. The summed E-state index contributed by atoms with van der Waals surface area (Å²) in [6.07, 6.45) is 2.69. The average Bonchev–Trinajstić information content (AvgIpc) is 2.71. The summed E-state index contributed by atoms with van der Waals surface area (Å²) in [6.45, 7) is 5.13. The highest BCUT2D eigenvalue weighted by molar-refractivity contribution is 7.96. The molecule has 2 rings (SSSR count). The number of ether oxygens (including phenoxy) is 2. The third-order valence-electron chi connectivity index (χ3n) is 4.55. The number of nitrogens with one attached hydrogen (secondary N) is 1. The van der Waals surface area contributed by atoms with Crippen molar-refractivity contribution in [3.8, 4) is 11.5 Å². The second-order valence-electron chi connectivity index (χ2n) is 7.03. The minimum atomic E-state index is -0.303. The zero-order valence-corrected chi connectivity index (χ0v) is 19.3. The number of benzene rings is 2. The molecule has 0 heterocycles. The van der Waals surface area contributed by atoms with Crippen LogP contribution >= 0.6 is 35.1 Å². The fourth-order valence-electron chi connectivity index (χ4n) is 2.83. The van der Waals surface area contributed by atoms with Gasteiger partial charge in [0.2, 0.25) is 0 Å². The maximum Gasteiger partial charge on any atom is 0.184 e. The molecule has 0 bridgehead atoms. The van der Waals surface area contributed by atoms with E-state index in [0.717, 1.165) is 23.3 Å². The number of hydrogen-bond acceptors (Lipinski definition) is 5. The summed E-state index contributed by atoms with van der Waals surface area (Å²) in [5.41, 5.74) is 1.80. The molecule has 0 aliphatic heterocycles. The monoisotopic (exact) mass is 455 g/mol. The van der Waals surface area contributed by atoms with Gasteiger partial charge in [-0.2, -0.15) is 0 Å². The quantitative estimate of drug-likeness (QED) is 0.260. The van der Waals surface area contributed by atoms with E-state index in [0.29, 0.717) is 23.3 Å². The first-order chi connectivity index (χ1) is 13.9. The summed E-state index contributed by atoms with van der Waals surface area (Å²) in [5, 5.41) is 0.602. The molecule has 1 N–H and O–H groups in total. The Morgan fingerprint density at radius 1 is 1.10 bits per heavy atom. The molecule has 0 aliphatic rings. The van der Waals surface area contributed by atoms with Gasteiger partial charge >= 0.3 is 0 Å². The van der Waals surface area contributed by atoms with Gasteiger partial charge in [0.1, 0.15) is 18.1 Å². The van der Waals surface area contributed by atoms with Crippen LogP contribution in [0.4, 0.5) is 0 Å². The first-order valence-corrected chi connectivity index (χ1v) is 11.5. The molecule has 0 unspecified atom stereocenters. The van der Waals surface area contributed by atoms with Gasteiger partial charge in [0.25, 0.3) is 0 Å². The number of ketones is 1. The summed E-state index contributed by atoms with van der Waals surface area (Å²) in [4.78, 5) is 11.7. The molecule has 0 saturated heterocycles. The van der Waals surface area contributed by atoms with E-state index in [4.69, 9.17) is 32.7 Å². The summed E-state index contributed by atoms with van der Waals surface area (Å²) in [6, 6.07) is 13.6. The van der Waals surface area contributed by atoms with Crippen molar-refractivity contribution in [1.29, 1.82) is 0 Å². The van der Waals surface area contributed by atoms with Gasteiger partial charge in [0, 0.05) is 16.3 Å². The molecule has 4 nitrogen and oxygen atoms in total. The molecular weight excluding hydrogens is 429 g/mol. The van der Waals surface area contributed by atoms with Crippen LogP contribution in [0.3, 0.4) is 0 Å². The minimum Gasteiger partial charge on any atom is -0.494 e. The maximum atomic E-state index is 11.7. The summed E-state index contributed by atoms with van der Waals surface area (Å²) in [5.74, 6) is 1.97. The first kappa shape index (κ1) is 23.9. The van der Waals surface area contributed by atoms with E-state index in [1.165, 1.54) is 11.9 Å². The van der Waals surface area contributed by atoms with Crippen molar-refractivity contribution in [2.45, 2.75) is 25.7 Å². The van der Waals surface area contributed by atoms with Gasteiger partial charge in [0.15, 0.2) is 5.78 Å². The molecule has 29 heavy (non-hydrogen) atoms. The largest absolute Gasteiger partial charge is 0.494 e. The van der Waals surface area contributed by atoms with E-state index in [9.17, 15) is 4.79 Å². The van der Waals surface area contributed by atoms with Crippen molar-refractivity contribution in [1.82, 2.24) is 4.72 Å². The molecular formula is C22H27Cl2NO3S. The lowest BCUT2D eigenvalue weighted by Crippen LogP contribution is -2.22. The molecule has 158 valence electrons. The number of alkyl halides is 1. The van der Waals surface area contributed by atoms with Gasteiger partial charge in [-0.3, -0.25) is 9.52 Å². The minimum absolute atomic E-state index is 0.0117. The summed E-state index contributed by atoms with van der Waals surface area (Å²) in [7, 11) is 0. The van der Waals surface area contributed by atoms with Crippen LogP contribution in [-0.2, 0) is 10.2 Å². The van der Waals surface area contributed by atoms with Crippen LogP contribution in [0.15, 0.2) is 42.5 Å². The predicted molar refractivity (Wildman–Crippen MR) is 123 cm³/mol. The van der Waals surface area contributed by atoms with Crippen molar-refractivity contribution in [2.75, 3.05) is 31.9 Å². The van der Waals surface area contributed by atoms with Gasteiger partial charge in [-0.25, -0.2) is 0 Å². The van der Waals surface area contributed by atoms with Crippen molar-refractivity contribution in [3.63, 3.8) is 0 Å². The predicted octanol–water partition coefficient (Wildman–Crippen LogP) is 5.49. The summed E-state index contributed by atoms with van der Waals surface area (Å²) >= 11 is 13.6. The van der Waals surface area contributed by atoms with Gasteiger partial charge < -0.3 is 9.47 Å². The van der Waals surface area contributed by atoms with Crippen LogP contribution in [0.1, 0.15) is 31.4 Å². The lowest BCUT2D eigenvalue weighted by atomic mass is 9.78. The van der Waals surface area contributed by atoms with Crippen molar-refractivity contribution < 1.29 is 14.3 Å². The number of rotatable bonds is 12. The Bertz CT molecular complexity index is 797. The molecule has 2 aromatic rings. The standard InChI is InChI=1S/C22H27Cl2NO3S/c1-22(2,16-5-7-18(8-6-16)27-12-4-11-23)20-10-9-19(13-21(20)24)28-15-17(26)14-25-29-3/h5-10,13,25H,4,11-12,14-15H2,1-3H3. The normalized spacial score (nSPS) is 11.3. The van der Waals surface area contributed by atoms with Crippen molar-refractivity contribution in [3.05, 3.63) is 58.6 Å². The van der Waals surface area contributed by atoms with E-state index in [2.05, 4.69) is 18.6 Å². The third-order valence-corrected chi connectivity index (χ3v) is 5.56. The van der Waals surface area contributed by atoms with Gasteiger partial charge in [-0.05, 0) is 48.1 Å². The summed E-state index contributed by atoms with van der Waals surface area (Å²) < 4.78 is 14.1. The molecule has 0 amide bonds. The first-order valence-electron chi connectivity index (χ1n) is 9.38. The van der Waals surface area contributed by atoms with Crippen LogP contribution < -0.4 is 14.2 Å². The van der Waals surface area contributed by atoms with Crippen LogP contribution in [0, 0.1) is 0 Å². The molecule has 0 aliphatic carbocycles. The Morgan fingerprint density at radius 3 is 2.41 bits per heavy atom. The SMILES string of the molecule is CSNCC(=O)COc1ccc(C(C)(C)c2ccc(OCCCCl)cc2)c(Cl)c1. The zero-order valence-electron chi connectivity index (χ0n) is 17.0. The lowest BCUT2D eigenvalue weighted by Gasteiger charge is -2.27. The molecule has 0 saturated carbocycles. The number of Topliss-reactive ketones (excluding diaryl/α,β-unsaturated/α-hetero) is 1. The van der Waals surface area contributed by atoms with Crippen LogP contribution in [0.5, 0.6) is 11.5 Å².